The Morgan fingerprint density at radius 1 is 1.19 bits per heavy atom. The number of carbonyl (C=O) groups excluding carboxylic acids is 2. The van der Waals surface area contributed by atoms with Crippen molar-refractivity contribution in [1.82, 2.24) is 4.90 Å². The van der Waals surface area contributed by atoms with Gasteiger partial charge in [-0.15, -0.1) is 24.0 Å². The van der Waals surface area contributed by atoms with Crippen molar-refractivity contribution in [1.29, 1.82) is 0 Å². The first kappa shape index (κ1) is 19.7. The van der Waals surface area contributed by atoms with E-state index >= 15 is 0 Å². The summed E-state index contributed by atoms with van der Waals surface area (Å²) in [5.74, 6) is 1.06. The second kappa shape index (κ2) is 7.87. The average Bonchev–Trinajstić information content (AvgIpc) is 3.32. The molecule has 27 heavy (non-hydrogen) atoms. The number of hydrogen-bond donors (Lipinski definition) is 2. The number of amides is 2. The third kappa shape index (κ3) is 3.54. The molecule has 4 atom stereocenters. The highest BCUT2D eigenvalue weighted by Gasteiger charge is 2.58. The van der Waals surface area contributed by atoms with Gasteiger partial charge in [0.1, 0.15) is 5.75 Å². The molecule has 2 amide bonds. The van der Waals surface area contributed by atoms with Crippen LogP contribution >= 0.6 is 24.0 Å². The van der Waals surface area contributed by atoms with Gasteiger partial charge in [-0.1, -0.05) is 12.2 Å². The molecule has 4 rings (SSSR count). The maximum absolute atomic E-state index is 12.6. The van der Waals surface area contributed by atoms with Crippen molar-refractivity contribution in [3.63, 3.8) is 0 Å². The van der Waals surface area contributed by atoms with E-state index in [1.165, 1.54) is 4.90 Å². The molecule has 2 bridgehead atoms. The highest BCUT2D eigenvalue weighted by molar-refractivity contribution is 14.0. The highest BCUT2D eigenvalue weighted by atomic mass is 127. The molecular weight excluding hydrogens is 459 g/mol. The number of guanidine groups is 1. The minimum Gasteiger partial charge on any atom is -0.497 e. The van der Waals surface area contributed by atoms with Crippen LogP contribution in [0.15, 0.2) is 41.4 Å². The Bertz CT molecular complexity index is 763. The summed E-state index contributed by atoms with van der Waals surface area (Å²) in [6.45, 7) is 0.559. The van der Waals surface area contributed by atoms with Crippen molar-refractivity contribution in [2.24, 2.45) is 34.4 Å². The van der Waals surface area contributed by atoms with Crippen molar-refractivity contribution in [2.75, 3.05) is 25.5 Å². The molecule has 0 spiro atoms. The number of hydrogen-bond acceptors (Lipinski definition) is 4. The highest BCUT2D eigenvalue weighted by Crippen LogP contribution is 2.52. The number of nitrogens with one attached hydrogen (secondary N) is 1. The molecule has 1 saturated carbocycles. The van der Waals surface area contributed by atoms with E-state index in [0.29, 0.717) is 0 Å². The van der Waals surface area contributed by atoms with E-state index in [1.807, 2.05) is 24.3 Å². The van der Waals surface area contributed by atoms with Crippen LogP contribution < -0.4 is 15.8 Å². The summed E-state index contributed by atoms with van der Waals surface area (Å²) in [5, 5.41) is 2.98. The number of aliphatic imine (C=N–C) groups is 1. The number of ether oxygens (including phenoxy) is 1. The summed E-state index contributed by atoms with van der Waals surface area (Å²) >= 11 is 0. The molecule has 3 aliphatic rings. The number of carbonyl (C=O) groups is 2. The second-order valence-electron chi connectivity index (χ2n) is 6.95. The van der Waals surface area contributed by atoms with Gasteiger partial charge < -0.3 is 15.8 Å². The predicted octanol–water partition coefficient (Wildman–Crippen LogP) is 1.85. The number of fused-ring (bicyclic) bond motifs is 5. The first-order valence-electron chi connectivity index (χ1n) is 8.83. The molecule has 1 saturated heterocycles. The van der Waals surface area contributed by atoms with Crippen LogP contribution in [0.25, 0.3) is 0 Å². The summed E-state index contributed by atoms with van der Waals surface area (Å²) in [6.07, 6.45) is 5.13. The van der Waals surface area contributed by atoms with Crippen molar-refractivity contribution in [2.45, 2.75) is 6.42 Å². The van der Waals surface area contributed by atoms with Gasteiger partial charge in [-0.3, -0.25) is 19.5 Å². The van der Waals surface area contributed by atoms with Gasteiger partial charge in [-0.2, -0.15) is 0 Å². The third-order valence-corrected chi connectivity index (χ3v) is 5.53. The quantitative estimate of drug-likeness (QED) is 0.220. The Kier molecular flexibility index (Phi) is 5.73. The van der Waals surface area contributed by atoms with Crippen LogP contribution in [0, 0.1) is 23.7 Å². The molecule has 1 aliphatic heterocycles. The third-order valence-electron chi connectivity index (χ3n) is 5.53. The van der Waals surface area contributed by atoms with Crippen LogP contribution in [0.3, 0.4) is 0 Å². The van der Waals surface area contributed by atoms with E-state index in [1.54, 1.807) is 7.11 Å². The lowest BCUT2D eigenvalue weighted by atomic mass is 9.85. The van der Waals surface area contributed by atoms with E-state index in [2.05, 4.69) is 22.5 Å². The summed E-state index contributed by atoms with van der Waals surface area (Å²) in [4.78, 5) is 30.8. The van der Waals surface area contributed by atoms with Crippen molar-refractivity contribution in [3.8, 4) is 5.75 Å². The summed E-state index contributed by atoms with van der Waals surface area (Å²) in [5.41, 5.74) is 6.68. The monoisotopic (exact) mass is 482 g/mol. The minimum absolute atomic E-state index is 0. The van der Waals surface area contributed by atoms with Crippen LogP contribution in [0.1, 0.15) is 6.42 Å². The second-order valence-corrected chi connectivity index (χ2v) is 6.95. The molecule has 8 heteroatoms. The van der Waals surface area contributed by atoms with Gasteiger partial charge in [-0.05, 0) is 42.5 Å². The molecule has 144 valence electrons. The smallest absolute Gasteiger partial charge is 0.233 e. The Labute approximate surface area is 175 Å². The molecular formula is C19H23IN4O3. The predicted molar refractivity (Wildman–Crippen MR) is 113 cm³/mol. The number of imide groups is 1. The average molecular weight is 482 g/mol. The zero-order valence-electron chi connectivity index (χ0n) is 15.0. The Morgan fingerprint density at radius 3 is 2.33 bits per heavy atom. The molecule has 0 aromatic heterocycles. The molecule has 1 aromatic rings. The number of benzene rings is 1. The van der Waals surface area contributed by atoms with Crippen LogP contribution in [-0.2, 0) is 9.59 Å². The lowest BCUT2D eigenvalue weighted by Gasteiger charge is -2.16. The number of halogens is 1. The molecule has 2 fully saturated rings. The van der Waals surface area contributed by atoms with E-state index in [9.17, 15) is 9.59 Å². The molecule has 3 N–H and O–H groups in total. The minimum atomic E-state index is -0.156. The van der Waals surface area contributed by atoms with Crippen molar-refractivity contribution >= 4 is 47.4 Å². The van der Waals surface area contributed by atoms with Crippen LogP contribution in [-0.4, -0.2) is 42.9 Å². The summed E-state index contributed by atoms with van der Waals surface area (Å²) in [7, 11) is 1.61. The zero-order chi connectivity index (χ0) is 18.3. The number of anilines is 1. The van der Waals surface area contributed by atoms with Gasteiger partial charge in [0.2, 0.25) is 11.8 Å². The largest absolute Gasteiger partial charge is 0.497 e. The number of likely N-dealkylation sites (tertiary alicyclic amines) is 1. The Balaban J connectivity index is 0.00000210. The van der Waals surface area contributed by atoms with Gasteiger partial charge in [-0.25, -0.2) is 0 Å². The molecule has 1 aromatic carbocycles. The molecule has 0 radical (unpaired) electrons. The number of nitrogens with zero attached hydrogens (tertiary/aromatic N) is 2. The number of methoxy groups -OCH3 is 1. The topological polar surface area (TPSA) is 97.0 Å². The Hall–Kier alpha value is -2.10. The standard InChI is InChI=1S/C19H22N4O3.HI/c1-26-14-6-4-13(5-7-14)22-19(20)21-8-9-23-17(24)15-11-2-3-12(10-11)16(15)18(23)25;/h2-7,11-12,15-16H,8-10H2,1H3,(H3,20,21,22);1H. The van der Waals surface area contributed by atoms with Crippen LogP contribution in [0.5, 0.6) is 5.75 Å². The van der Waals surface area contributed by atoms with E-state index in [-0.39, 0.29) is 78.5 Å². The first-order valence-corrected chi connectivity index (χ1v) is 8.83. The number of nitrogens with two attached hydrogens (primary N) is 1. The van der Waals surface area contributed by atoms with Crippen LogP contribution in [0.2, 0.25) is 0 Å². The lowest BCUT2D eigenvalue weighted by Crippen LogP contribution is -2.35. The van der Waals surface area contributed by atoms with Gasteiger partial charge in [0.25, 0.3) is 0 Å². The molecule has 7 nitrogen and oxygen atoms in total. The van der Waals surface area contributed by atoms with Crippen molar-refractivity contribution < 1.29 is 14.3 Å². The SMILES string of the molecule is COc1ccc(NC(N)=NCCN2C(=O)C3C4C=CC(C4)C3C2=O)cc1.I. The molecule has 2 aliphatic carbocycles. The number of rotatable bonds is 5. The van der Waals surface area contributed by atoms with E-state index < -0.39 is 0 Å². The maximum Gasteiger partial charge on any atom is 0.233 e. The lowest BCUT2D eigenvalue weighted by molar-refractivity contribution is -0.140. The van der Waals surface area contributed by atoms with E-state index in [4.69, 9.17) is 10.5 Å². The van der Waals surface area contributed by atoms with Gasteiger partial charge >= 0.3 is 0 Å². The van der Waals surface area contributed by atoms with Gasteiger partial charge in [0, 0.05) is 12.2 Å². The Morgan fingerprint density at radius 2 is 1.78 bits per heavy atom. The molecule has 4 unspecified atom stereocenters. The van der Waals surface area contributed by atoms with E-state index in [0.717, 1.165) is 17.9 Å². The number of allylic oxidation sites excluding steroid dienone is 2. The van der Waals surface area contributed by atoms with Gasteiger partial charge in [0.05, 0.1) is 25.5 Å². The van der Waals surface area contributed by atoms with Crippen molar-refractivity contribution in [3.05, 3.63) is 36.4 Å². The maximum atomic E-state index is 12.6. The summed E-state index contributed by atoms with van der Waals surface area (Å²) in [6, 6.07) is 7.30. The first-order chi connectivity index (χ1) is 12.6. The fourth-order valence-electron chi connectivity index (χ4n) is 4.32. The van der Waals surface area contributed by atoms with Gasteiger partial charge in [0.15, 0.2) is 5.96 Å². The fraction of sp³-hybridized carbons (Fsp3) is 0.421. The summed E-state index contributed by atoms with van der Waals surface area (Å²) < 4.78 is 5.10. The normalized spacial score (nSPS) is 28.3. The zero-order valence-corrected chi connectivity index (χ0v) is 17.3. The molecule has 1 heterocycles. The van der Waals surface area contributed by atoms with Crippen LogP contribution in [0.4, 0.5) is 5.69 Å². The fourth-order valence-corrected chi connectivity index (χ4v) is 4.32.